The number of nitrogens with one attached hydrogen (secondary N) is 3. The molecule has 0 fully saturated rings. The quantitative estimate of drug-likeness (QED) is 0.224. The van der Waals surface area contributed by atoms with Crippen molar-refractivity contribution in [2.24, 2.45) is 0 Å². The molecule has 0 spiro atoms. The zero-order chi connectivity index (χ0) is 22.1. The van der Waals surface area contributed by atoms with Crippen molar-refractivity contribution in [3.8, 4) is 17.2 Å². The summed E-state index contributed by atoms with van der Waals surface area (Å²) in [6.07, 6.45) is 2.90. The van der Waals surface area contributed by atoms with Gasteiger partial charge in [-0.15, -0.1) is 0 Å². The first-order valence-electron chi connectivity index (χ1n) is 8.53. The van der Waals surface area contributed by atoms with Gasteiger partial charge in [-0.3, -0.25) is 25.8 Å². The van der Waals surface area contributed by atoms with E-state index in [1.807, 2.05) is 0 Å². The van der Waals surface area contributed by atoms with Crippen molar-refractivity contribution >= 4 is 57.8 Å². The number of hydrazine groups is 1. The molecule has 2 amide bonds. The Kier molecular flexibility index (Phi) is 8.87. The second-order valence-electron chi connectivity index (χ2n) is 5.69. The summed E-state index contributed by atoms with van der Waals surface area (Å²) >= 11 is 7.09. The number of rotatable bonds is 6. The second-order valence-corrected chi connectivity index (χ2v) is 7.27. The Labute approximate surface area is 193 Å². The largest absolute Gasteiger partial charge is 0.496 e. The first kappa shape index (κ1) is 23.4. The summed E-state index contributed by atoms with van der Waals surface area (Å²) in [4.78, 5) is 24.2. The number of methoxy groups -OCH3 is 3. The number of carbonyl (C=O) groups excluding carboxylic acids is 2. The lowest BCUT2D eigenvalue weighted by Gasteiger charge is -2.11. The highest BCUT2D eigenvalue weighted by molar-refractivity contribution is 14.1. The average Bonchev–Trinajstić information content (AvgIpc) is 2.75. The molecule has 0 bridgehead atoms. The predicted octanol–water partition coefficient (Wildman–Crippen LogP) is 2.67. The summed E-state index contributed by atoms with van der Waals surface area (Å²) in [5.41, 5.74) is 6.07. The fraction of sp³-hybridized carbons (Fsp3) is 0.150. The van der Waals surface area contributed by atoms with Gasteiger partial charge in [-0.2, -0.15) is 0 Å². The number of hydrogen-bond acceptors (Lipinski definition) is 6. The third-order valence-electron chi connectivity index (χ3n) is 3.78. The molecule has 2 aromatic carbocycles. The van der Waals surface area contributed by atoms with Gasteiger partial charge in [0.25, 0.3) is 5.91 Å². The molecular weight excluding hydrogens is 521 g/mol. The fourth-order valence-corrected chi connectivity index (χ4v) is 3.19. The van der Waals surface area contributed by atoms with E-state index in [4.69, 9.17) is 26.4 Å². The lowest BCUT2D eigenvalue weighted by Crippen LogP contribution is -2.48. The van der Waals surface area contributed by atoms with Crippen LogP contribution in [0.25, 0.3) is 6.08 Å². The fourth-order valence-electron chi connectivity index (χ4n) is 2.31. The third kappa shape index (κ3) is 6.59. The highest BCUT2D eigenvalue weighted by Crippen LogP contribution is 2.27. The minimum Gasteiger partial charge on any atom is -0.496 e. The van der Waals surface area contributed by atoms with Crippen LogP contribution in [-0.4, -0.2) is 38.3 Å². The smallest absolute Gasteiger partial charge is 0.269 e. The highest BCUT2D eigenvalue weighted by Gasteiger charge is 2.10. The van der Waals surface area contributed by atoms with E-state index in [0.717, 1.165) is 9.13 Å². The number of halogens is 1. The van der Waals surface area contributed by atoms with Crippen LogP contribution < -0.4 is 30.4 Å². The maximum atomic E-state index is 12.2. The molecule has 0 unspecified atom stereocenters. The van der Waals surface area contributed by atoms with Crippen LogP contribution >= 0.6 is 34.8 Å². The van der Waals surface area contributed by atoms with E-state index in [-0.39, 0.29) is 5.11 Å². The maximum absolute atomic E-state index is 12.2. The molecule has 0 saturated carbocycles. The molecule has 0 atom stereocenters. The van der Waals surface area contributed by atoms with E-state index in [1.54, 1.807) is 56.7 Å². The number of ether oxygens (including phenoxy) is 3. The maximum Gasteiger partial charge on any atom is 0.269 e. The lowest BCUT2D eigenvalue weighted by molar-refractivity contribution is -0.115. The summed E-state index contributed by atoms with van der Waals surface area (Å²) < 4.78 is 16.3. The predicted molar refractivity (Wildman–Crippen MR) is 126 cm³/mol. The summed E-state index contributed by atoms with van der Waals surface area (Å²) in [5, 5.41) is 2.39. The van der Waals surface area contributed by atoms with Crippen molar-refractivity contribution in [3.05, 3.63) is 57.2 Å². The van der Waals surface area contributed by atoms with Crippen molar-refractivity contribution in [1.82, 2.24) is 16.2 Å². The van der Waals surface area contributed by atoms with Gasteiger partial charge < -0.3 is 14.2 Å². The van der Waals surface area contributed by atoms with Crippen molar-refractivity contribution in [3.63, 3.8) is 0 Å². The first-order valence-corrected chi connectivity index (χ1v) is 10.0. The summed E-state index contributed by atoms with van der Waals surface area (Å²) in [6.45, 7) is 0. The van der Waals surface area contributed by atoms with E-state index in [2.05, 4.69) is 38.8 Å². The Hall–Kier alpha value is -2.86. The van der Waals surface area contributed by atoms with Gasteiger partial charge in [0, 0.05) is 11.6 Å². The summed E-state index contributed by atoms with van der Waals surface area (Å²) in [6, 6.07) is 10.2. The van der Waals surface area contributed by atoms with E-state index in [0.29, 0.717) is 22.8 Å². The van der Waals surface area contributed by atoms with Crippen molar-refractivity contribution in [2.45, 2.75) is 0 Å². The molecule has 30 heavy (non-hydrogen) atoms. The zero-order valence-corrected chi connectivity index (χ0v) is 19.4. The normalized spacial score (nSPS) is 10.3. The van der Waals surface area contributed by atoms with Gasteiger partial charge >= 0.3 is 0 Å². The molecule has 158 valence electrons. The molecule has 0 aliphatic carbocycles. The van der Waals surface area contributed by atoms with Gasteiger partial charge in [0.2, 0.25) is 5.91 Å². The molecule has 0 aliphatic heterocycles. The first-order chi connectivity index (χ1) is 14.4. The molecule has 0 radical (unpaired) electrons. The van der Waals surface area contributed by atoms with Gasteiger partial charge in [0.15, 0.2) is 16.6 Å². The van der Waals surface area contributed by atoms with Crippen LogP contribution in [0.1, 0.15) is 15.9 Å². The van der Waals surface area contributed by atoms with Crippen LogP contribution in [-0.2, 0) is 4.79 Å². The zero-order valence-electron chi connectivity index (χ0n) is 16.4. The minimum atomic E-state index is -0.462. The monoisotopic (exact) mass is 541 g/mol. The molecule has 0 heterocycles. The van der Waals surface area contributed by atoms with E-state index >= 15 is 0 Å². The molecule has 2 aromatic rings. The van der Waals surface area contributed by atoms with Crippen LogP contribution in [0.15, 0.2) is 42.5 Å². The molecular formula is C20H20IN3O5S. The lowest BCUT2D eigenvalue weighted by atomic mass is 10.2. The Balaban J connectivity index is 1.87. The third-order valence-corrected chi connectivity index (χ3v) is 4.82. The molecule has 3 N–H and O–H groups in total. The van der Waals surface area contributed by atoms with Crippen molar-refractivity contribution in [2.75, 3.05) is 21.3 Å². The number of hydrogen-bond donors (Lipinski definition) is 3. The molecule has 0 aromatic heterocycles. The topological polar surface area (TPSA) is 97.9 Å². The van der Waals surface area contributed by atoms with Crippen molar-refractivity contribution < 1.29 is 23.8 Å². The van der Waals surface area contributed by atoms with E-state index in [1.165, 1.54) is 13.2 Å². The minimum absolute atomic E-state index is 0.0477. The van der Waals surface area contributed by atoms with Crippen LogP contribution in [0.4, 0.5) is 0 Å². The Bertz CT molecular complexity index is 981. The molecule has 0 saturated heterocycles. The van der Waals surface area contributed by atoms with Crippen LogP contribution in [0.5, 0.6) is 17.2 Å². The van der Waals surface area contributed by atoms with E-state index in [9.17, 15) is 9.59 Å². The Morgan fingerprint density at radius 3 is 2.23 bits per heavy atom. The molecule has 8 nitrogen and oxygen atoms in total. The van der Waals surface area contributed by atoms with E-state index < -0.39 is 11.8 Å². The molecule has 10 heteroatoms. The second kappa shape index (κ2) is 11.4. The SMILES string of the molecule is COc1ccc(C(=O)NNC(=S)NC(=O)/C=C/c2ccc(OC)c(OC)c2)cc1I. The van der Waals surface area contributed by atoms with Gasteiger partial charge in [-0.25, -0.2) is 0 Å². The van der Waals surface area contributed by atoms with Crippen molar-refractivity contribution in [1.29, 1.82) is 0 Å². The summed E-state index contributed by atoms with van der Waals surface area (Å²) in [5.74, 6) is 0.938. The number of amides is 2. The van der Waals surface area contributed by atoms with Gasteiger partial charge in [0.1, 0.15) is 5.75 Å². The Morgan fingerprint density at radius 2 is 1.60 bits per heavy atom. The van der Waals surface area contributed by atoms with Gasteiger partial charge in [-0.1, -0.05) is 6.07 Å². The number of carbonyl (C=O) groups is 2. The van der Waals surface area contributed by atoms with Gasteiger partial charge in [0.05, 0.1) is 24.9 Å². The highest BCUT2D eigenvalue weighted by atomic mass is 127. The molecule has 0 aliphatic rings. The van der Waals surface area contributed by atoms with Gasteiger partial charge in [-0.05, 0) is 76.8 Å². The number of thiocarbonyl (C=S) groups is 1. The Morgan fingerprint density at radius 1 is 0.933 bits per heavy atom. The average molecular weight is 541 g/mol. The standard InChI is InChI=1S/C20H20IN3O5S/c1-27-15-8-6-13(11-14(15)21)19(26)23-24-20(30)22-18(25)9-5-12-4-7-16(28-2)17(10-12)29-3/h4-11H,1-3H3,(H,23,26)(H2,22,24,25,30)/b9-5+. The summed E-state index contributed by atoms with van der Waals surface area (Å²) in [7, 11) is 4.63. The molecule has 2 rings (SSSR count). The van der Waals surface area contributed by atoms with Crippen LogP contribution in [0.3, 0.4) is 0 Å². The number of benzene rings is 2. The van der Waals surface area contributed by atoms with Crippen LogP contribution in [0.2, 0.25) is 0 Å². The van der Waals surface area contributed by atoms with Crippen LogP contribution in [0, 0.1) is 3.57 Å².